The third-order valence-corrected chi connectivity index (χ3v) is 18.8. The summed E-state index contributed by atoms with van der Waals surface area (Å²) in [6.45, 7) is 11.8. The summed E-state index contributed by atoms with van der Waals surface area (Å²) >= 11 is 0. The predicted octanol–water partition coefficient (Wildman–Crippen LogP) is 21.0. The van der Waals surface area contributed by atoms with Gasteiger partial charge in [-0.2, -0.15) is 0 Å². The Bertz CT molecular complexity index is 1800. The zero-order chi connectivity index (χ0) is 68.0. The number of ether oxygens (including phenoxy) is 4. The number of hydrogen-bond acceptors (Lipinski definition) is 15. The van der Waals surface area contributed by atoms with Gasteiger partial charge in [0.1, 0.15) is 19.3 Å². The molecule has 0 fully saturated rings. The first-order valence-electron chi connectivity index (χ1n) is 37.8. The van der Waals surface area contributed by atoms with Gasteiger partial charge in [0.15, 0.2) is 12.2 Å². The van der Waals surface area contributed by atoms with Gasteiger partial charge in [-0.05, 0) is 43.4 Å². The molecule has 92 heavy (non-hydrogen) atoms. The van der Waals surface area contributed by atoms with E-state index in [0.29, 0.717) is 31.6 Å². The molecule has 0 amide bonds. The standard InChI is InChI=1S/C73H142O17P2/c1-8-9-10-11-12-25-32-40-47-54-70(75)83-61-69(90-73(78)57-50-43-36-35-39-46-53-66(6)7)63-88-92(81,82)86-59-67(74)58-85-91(79,80)87-62-68(60-84-71(76)55-48-41-33-28-23-20-19-22-27-31-38-45-52-65(4)5)89-72(77)56-49-42-34-29-24-18-16-14-13-15-17-21-26-30-37-44-51-64(2)3/h64-69,74H,8-63H2,1-7H3,(H,79,80)(H,81,82)/t67-,68-,69-/m1/s1. The van der Waals surface area contributed by atoms with Crippen LogP contribution in [0.1, 0.15) is 370 Å². The van der Waals surface area contributed by atoms with Crippen LogP contribution in [0, 0.1) is 17.8 Å². The molecule has 17 nitrogen and oxygen atoms in total. The maximum absolute atomic E-state index is 13.1. The molecule has 3 N–H and O–H groups in total. The van der Waals surface area contributed by atoms with Crippen LogP contribution < -0.4 is 0 Å². The summed E-state index contributed by atoms with van der Waals surface area (Å²) < 4.78 is 68.3. The second-order valence-electron chi connectivity index (χ2n) is 27.8. The molecule has 0 rings (SSSR count). The van der Waals surface area contributed by atoms with Crippen molar-refractivity contribution in [2.24, 2.45) is 17.8 Å². The molecule has 0 aliphatic rings. The number of carbonyl (C=O) groups is 4. The topological polar surface area (TPSA) is 237 Å². The van der Waals surface area contributed by atoms with Gasteiger partial charge in [0.05, 0.1) is 26.4 Å². The van der Waals surface area contributed by atoms with Crippen molar-refractivity contribution < 1.29 is 80.2 Å². The van der Waals surface area contributed by atoms with Crippen LogP contribution in [0.2, 0.25) is 0 Å². The summed E-state index contributed by atoms with van der Waals surface area (Å²) in [7, 11) is -9.90. The van der Waals surface area contributed by atoms with Gasteiger partial charge in [0.2, 0.25) is 0 Å². The van der Waals surface area contributed by atoms with E-state index >= 15 is 0 Å². The highest BCUT2D eigenvalue weighted by Crippen LogP contribution is 2.45. The van der Waals surface area contributed by atoms with E-state index in [4.69, 9.17) is 37.0 Å². The Balaban J connectivity index is 5.20. The first-order valence-corrected chi connectivity index (χ1v) is 40.8. The van der Waals surface area contributed by atoms with Crippen molar-refractivity contribution in [1.82, 2.24) is 0 Å². The van der Waals surface area contributed by atoms with Crippen molar-refractivity contribution in [3.05, 3.63) is 0 Å². The molecule has 0 spiro atoms. The molecule has 0 bridgehead atoms. The van der Waals surface area contributed by atoms with E-state index in [-0.39, 0.29) is 25.7 Å². The van der Waals surface area contributed by atoms with Crippen LogP contribution in [0.3, 0.4) is 0 Å². The van der Waals surface area contributed by atoms with Crippen molar-refractivity contribution in [2.75, 3.05) is 39.6 Å². The maximum Gasteiger partial charge on any atom is 0.472 e. The number of carbonyl (C=O) groups excluding carboxylic acids is 4. The minimum Gasteiger partial charge on any atom is -0.462 e. The molecule has 0 aliphatic carbocycles. The largest absolute Gasteiger partial charge is 0.472 e. The highest BCUT2D eigenvalue weighted by molar-refractivity contribution is 7.47. The lowest BCUT2D eigenvalue weighted by Crippen LogP contribution is -2.30. The lowest BCUT2D eigenvalue weighted by atomic mass is 10.0. The van der Waals surface area contributed by atoms with Crippen LogP contribution in [0.15, 0.2) is 0 Å². The van der Waals surface area contributed by atoms with E-state index in [1.807, 2.05) is 0 Å². The predicted molar refractivity (Wildman–Crippen MR) is 372 cm³/mol. The highest BCUT2D eigenvalue weighted by Gasteiger charge is 2.30. The van der Waals surface area contributed by atoms with Gasteiger partial charge >= 0.3 is 39.5 Å². The van der Waals surface area contributed by atoms with Crippen LogP contribution in [0.4, 0.5) is 0 Å². The third kappa shape index (κ3) is 66.7. The third-order valence-electron chi connectivity index (χ3n) is 16.9. The van der Waals surface area contributed by atoms with E-state index in [0.717, 1.165) is 102 Å². The molecule has 19 heteroatoms. The summed E-state index contributed by atoms with van der Waals surface area (Å²) in [6.07, 6.45) is 48.8. The first-order chi connectivity index (χ1) is 44.2. The molecule has 0 saturated heterocycles. The van der Waals surface area contributed by atoms with Gasteiger partial charge < -0.3 is 33.8 Å². The molecular formula is C73H142O17P2. The number of esters is 4. The summed E-state index contributed by atoms with van der Waals surface area (Å²) in [5.41, 5.74) is 0. The molecule has 0 aromatic heterocycles. The number of rotatable bonds is 71. The first kappa shape index (κ1) is 90.1. The van der Waals surface area contributed by atoms with Gasteiger partial charge in [0.25, 0.3) is 0 Å². The van der Waals surface area contributed by atoms with Crippen LogP contribution in [-0.2, 0) is 65.4 Å². The van der Waals surface area contributed by atoms with E-state index in [2.05, 4.69) is 48.5 Å². The molecule has 546 valence electrons. The summed E-state index contributed by atoms with van der Waals surface area (Å²) in [5.74, 6) is 0.133. The van der Waals surface area contributed by atoms with Crippen molar-refractivity contribution in [1.29, 1.82) is 0 Å². The number of hydrogen-bond donors (Lipinski definition) is 3. The van der Waals surface area contributed by atoms with Crippen molar-refractivity contribution in [3.63, 3.8) is 0 Å². The molecule has 2 unspecified atom stereocenters. The second-order valence-corrected chi connectivity index (χ2v) is 30.7. The summed E-state index contributed by atoms with van der Waals surface area (Å²) in [6, 6.07) is 0. The molecule has 5 atom stereocenters. The zero-order valence-corrected chi connectivity index (χ0v) is 61.8. The molecule has 0 aromatic rings. The quantitative estimate of drug-likeness (QED) is 0.0222. The number of unbranched alkanes of at least 4 members (excludes halogenated alkanes) is 39. The second kappa shape index (κ2) is 63.8. The molecule has 0 radical (unpaired) electrons. The monoisotopic (exact) mass is 1350 g/mol. The number of aliphatic hydroxyl groups is 1. The number of phosphoric ester groups is 2. The Morgan fingerprint density at radius 1 is 0.293 bits per heavy atom. The fraction of sp³-hybridized carbons (Fsp3) is 0.945. The highest BCUT2D eigenvalue weighted by atomic mass is 31.2. The Hall–Kier alpha value is -1.94. The van der Waals surface area contributed by atoms with Gasteiger partial charge in [-0.25, -0.2) is 9.13 Å². The van der Waals surface area contributed by atoms with E-state index < -0.39 is 97.5 Å². The normalized spacial score (nSPS) is 14.1. The maximum atomic E-state index is 13.1. The number of phosphoric acid groups is 2. The Kier molecular flexibility index (Phi) is 62.4. The average molecular weight is 1350 g/mol. The van der Waals surface area contributed by atoms with Gasteiger partial charge in [0, 0.05) is 25.7 Å². The van der Waals surface area contributed by atoms with Gasteiger partial charge in [-0.15, -0.1) is 0 Å². The van der Waals surface area contributed by atoms with Crippen molar-refractivity contribution >= 4 is 39.5 Å². The molecule has 0 saturated carbocycles. The van der Waals surface area contributed by atoms with Crippen molar-refractivity contribution in [2.45, 2.75) is 388 Å². The Morgan fingerprint density at radius 3 is 0.739 bits per heavy atom. The fourth-order valence-electron chi connectivity index (χ4n) is 11.1. The van der Waals surface area contributed by atoms with E-state index in [1.165, 1.54) is 180 Å². The van der Waals surface area contributed by atoms with Crippen LogP contribution in [0.5, 0.6) is 0 Å². The van der Waals surface area contributed by atoms with Crippen LogP contribution in [-0.4, -0.2) is 96.7 Å². The minimum absolute atomic E-state index is 0.102. The van der Waals surface area contributed by atoms with Crippen LogP contribution in [0.25, 0.3) is 0 Å². The van der Waals surface area contributed by atoms with Gasteiger partial charge in [-0.3, -0.25) is 37.3 Å². The van der Waals surface area contributed by atoms with E-state index in [9.17, 15) is 43.2 Å². The van der Waals surface area contributed by atoms with Crippen LogP contribution >= 0.6 is 15.6 Å². The zero-order valence-electron chi connectivity index (χ0n) is 60.0. The lowest BCUT2D eigenvalue weighted by Gasteiger charge is -2.21. The fourth-order valence-corrected chi connectivity index (χ4v) is 12.7. The summed E-state index contributed by atoms with van der Waals surface area (Å²) in [4.78, 5) is 72.5. The number of aliphatic hydroxyl groups excluding tert-OH is 1. The lowest BCUT2D eigenvalue weighted by molar-refractivity contribution is -0.161. The Labute approximate surface area is 562 Å². The smallest absolute Gasteiger partial charge is 0.462 e. The molecule has 0 aliphatic heterocycles. The summed E-state index contributed by atoms with van der Waals surface area (Å²) in [5, 5.41) is 10.6. The average Bonchev–Trinajstić information content (AvgIpc) is 1.93. The molecular weight excluding hydrogens is 1210 g/mol. The van der Waals surface area contributed by atoms with Crippen molar-refractivity contribution in [3.8, 4) is 0 Å². The SMILES string of the molecule is CCCCCCCCCCCC(=O)OC[C@H](COP(=O)(O)OC[C@H](O)COP(=O)(O)OC[C@@H](COC(=O)CCCCCCCCCCCCCCC(C)C)OC(=O)CCCCCCCCCCCCCCCCCCC(C)C)OC(=O)CCCCCCCCC(C)C. The Morgan fingerprint density at radius 2 is 0.500 bits per heavy atom. The molecule has 0 heterocycles. The van der Waals surface area contributed by atoms with Gasteiger partial charge in [-0.1, -0.05) is 318 Å². The van der Waals surface area contributed by atoms with E-state index in [1.54, 1.807) is 0 Å². The minimum atomic E-state index is -4.95. The molecule has 0 aromatic carbocycles.